The summed E-state index contributed by atoms with van der Waals surface area (Å²) in [6.45, 7) is 19.9. The number of rotatable bonds is 17. The summed E-state index contributed by atoms with van der Waals surface area (Å²) in [5, 5.41) is 20.4. The van der Waals surface area contributed by atoms with Gasteiger partial charge in [-0.15, -0.1) is 11.3 Å². The summed E-state index contributed by atoms with van der Waals surface area (Å²) in [5.74, 6) is -0.226. The molecule has 446 valence electrons. The van der Waals surface area contributed by atoms with Crippen molar-refractivity contribution in [3.05, 3.63) is 172 Å². The van der Waals surface area contributed by atoms with Crippen molar-refractivity contribution in [3.8, 4) is 33.1 Å². The van der Waals surface area contributed by atoms with Gasteiger partial charge in [0.05, 0.1) is 38.4 Å². The van der Waals surface area contributed by atoms with Crippen LogP contribution in [0.4, 0.5) is 10.9 Å². The molecule has 0 radical (unpaired) electrons. The molecule has 0 spiro atoms. The molecule has 8 aromatic rings. The summed E-state index contributed by atoms with van der Waals surface area (Å²) >= 11 is 3.00. The number of nitrogens with zero attached hydrogens (tertiary/aromatic N) is 5. The van der Waals surface area contributed by atoms with Crippen LogP contribution in [0.15, 0.2) is 127 Å². The van der Waals surface area contributed by atoms with E-state index < -0.39 is 41.1 Å². The Labute approximate surface area is 510 Å². The number of aliphatic hydroxyl groups is 1. The van der Waals surface area contributed by atoms with E-state index in [9.17, 15) is 29.1 Å². The number of aliphatic hydroxyl groups excluding tert-OH is 1. The van der Waals surface area contributed by atoms with Gasteiger partial charge in [0, 0.05) is 43.6 Å². The van der Waals surface area contributed by atoms with E-state index in [1.807, 2.05) is 196 Å². The van der Waals surface area contributed by atoms with Crippen LogP contribution in [0.25, 0.3) is 31.8 Å². The topological polar surface area (TPSA) is 205 Å². The summed E-state index contributed by atoms with van der Waals surface area (Å²) < 4.78 is 13.5. The molecule has 0 bridgehead atoms. The van der Waals surface area contributed by atoms with E-state index in [-0.39, 0.29) is 54.8 Å². The molecule has 18 heteroatoms. The fourth-order valence-corrected chi connectivity index (χ4v) is 12.9. The zero-order chi connectivity index (χ0) is 61.2. The van der Waals surface area contributed by atoms with Gasteiger partial charge in [0.25, 0.3) is 5.91 Å². The number of carbonyl (C=O) groups is 5. The normalized spacial score (nSPS) is 16.2. The Morgan fingerprint density at radius 2 is 1.56 bits per heavy atom. The van der Waals surface area contributed by atoms with Crippen molar-refractivity contribution in [1.29, 1.82) is 0 Å². The number of hydrogen-bond donors (Lipinski definition) is 4. The number of anilines is 2. The lowest BCUT2D eigenvalue weighted by Crippen LogP contribution is -2.58. The van der Waals surface area contributed by atoms with Crippen molar-refractivity contribution in [2.45, 2.75) is 131 Å². The smallest absolute Gasteiger partial charge is 0.358 e. The second-order valence-corrected chi connectivity index (χ2v) is 26.6. The number of fused-ring (bicyclic) bond motifs is 2. The first-order valence-electron chi connectivity index (χ1n) is 29.2. The predicted octanol–water partition coefficient (Wildman–Crippen LogP) is 12.6. The number of carbonyl (C=O) groups excluding carboxylic acids is 5. The highest BCUT2D eigenvalue weighted by Crippen LogP contribution is 2.38. The van der Waals surface area contributed by atoms with E-state index >= 15 is 0 Å². The van der Waals surface area contributed by atoms with Gasteiger partial charge in [-0.05, 0) is 153 Å². The largest absolute Gasteiger partial charge is 0.457 e. The third kappa shape index (κ3) is 14.0. The maximum atomic E-state index is 14.4. The maximum absolute atomic E-state index is 14.4. The summed E-state index contributed by atoms with van der Waals surface area (Å²) in [6.07, 6.45) is 0.591. The molecule has 3 unspecified atom stereocenters. The number of thiazole rings is 2. The number of aryl methyl sites for hydroxylation is 1. The number of nitrogens with one attached hydrogen (secondary N) is 3. The van der Waals surface area contributed by atoms with Crippen molar-refractivity contribution in [2.75, 3.05) is 23.3 Å². The lowest BCUT2D eigenvalue weighted by molar-refractivity contribution is -0.144. The second-order valence-electron chi connectivity index (χ2n) is 24.7. The van der Waals surface area contributed by atoms with Crippen molar-refractivity contribution >= 4 is 73.4 Å². The third-order valence-corrected chi connectivity index (χ3v) is 17.7. The fourth-order valence-electron chi connectivity index (χ4n) is 11.3. The van der Waals surface area contributed by atoms with Crippen molar-refractivity contribution < 1.29 is 38.6 Å². The molecule has 16 nitrogen and oxygen atoms in total. The molecule has 10 rings (SSSR count). The first-order chi connectivity index (χ1) is 41.0. The summed E-state index contributed by atoms with van der Waals surface area (Å²) in [7, 11) is 0. The van der Waals surface area contributed by atoms with E-state index in [1.54, 1.807) is 11.3 Å². The standard InChI is InChI=1S/C68H74N8O8S2/c1-39(34-58(78)73-61(67(5,6)7)64(81)76-36-47(77)35-54(76)63(80)70-41(3)44-23-25-46(26-24-44)60-42(4)69-38-85-60)33-43-21-27-48(28-22-43)83-55-19-14-16-49(40(55)2)50-29-30-57(72-59(50)65(82)84-68(8,9)10)75-32-31-45-15-13-17-51(52(45)37-75)62(79)74-66-71-53-18-11-12-20-56(53)86-66/h11-30,38-39,41,47,54,61,77H,31-37H2,1-10H3,(H,70,80)(H,73,78)(H,71,74,79)/t39?,41?,47-,54+,61?/m1/s1. The van der Waals surface area contributed by atoms with Crippen LogP contribution in [0.2, 0.25) is 0 Å². The minimum absolute atomic E-state index is 0.0199. The number of pyridine rings is 1. The van der Waals surface area contributed by atoms with Crippen LogP contribution >= 0.6 is 22.7 Å². The van der Waals surface area contributed by atoms with Crippen molar-refractivity contribution in [1.82, 2.24) is 30.5 Å². The quantitative estimate of drug-likeness (QED) is 0.0629. The van der Waals surface area contributed by atoms with Crippen LogP contribution in [0.1, 0.15) is 129 Å². The maximum Gasteiger partial charge on any atom is 0.358 e. The Morgan fingerprint density at radius 3 is 2.27 bits per heavy atom. The molecule has 0 aliphatic carbocycles. The minimum atomic E-state index is -0.951. The van der Waals surface area contributed by atoms with Crippen LogP contribution in [0, 0.1) is 25.2 Å². The minimum Gasteiger partial charge on any atom is -0.457 e. The van der Waals surface area contributed by atoms with Crippen molar-refractivity contribution in [2.24, 2.45) is 11.3 Å². The summed E-state index contributed by atoms with van der Waals surface area (Å²) in [5.41, 5.74) is 9.82. The molecule has 5 aromatic carbocycles. The van der Waals surface area contributed by atoms with E-state index in [4.69, 9.17) is 14.5 Å². The Hall–Kier alpha value is -8.32. The van der Waals surface area contributed by atoms with Gasteiger partial charge in [-0.1, -0.05) is 112 Å². The van der Waals surface area contributed by atoms with Gasteiger partial charge in [-0.3, -0.25) is 24.5 Å². The highest BCUT2D eigenvalue weighted by Gasteiger charge is 2.45. The van der Waals surface area contributed by atoms with Gasteiger partial charge < -0.3 is 35.0 Å². The predicted molar refractivity (Wildman–Crippen MR) is 339 cm³/mol. The number of amides is 4. The number of ether oxygens (including phenoxy) is 2. The average Bonchev–Trinajstić information content (AvgIpc) is 1.61. The Balaban J connectivity index is 0.774. The molecule has 4 N–H and O–H groups in total. The molecule has 3 aromatic heterocycles. The van der Waals surface area contributed by atoms with Crippen LogP contribution in [-0.4, -0.2) is 91.4 Å². The molecule has 2 aliphatic rings. The van der Waals surface area contributed by atoms with E-state index in [0.717, 1.165) is 59.7 Å². The SMILES string of the molecule is Cc1ncsc1-c1ccc(C(C)NC(=O)[C@@H]2C[C@@H](O)CN2C(=O)C(NC(=O)CC(C)Cc2ccc(Oc3cccc(-c4ccc(N5CCc6cccc(C(=O)Nc7nc8ccccc8s7)c6C5)nc4C(=O)OC(C)(C)C)c3C)cc2)C(C)(C)C)cc1. The highest BCUT2D eigenvalue weighted by molar-refractivity contribution is 7.22. The monoisotopic (exact) mass is 1190 g/mol. The molecule has 5 atom stereocenters. The zero-order valence-corrected chi connectivity index (χ0v) is 52.0. The molecule has 5 heterocycles. The number of para-hydroxylation sites is 1. The third-order valence-electron chi connectivity index (χ3n) is 15.7. The first-order valence-corrected chi connectivity index (χ1v) is 30.9. The van der Waals surface area contributed by atoms with Crippen LogP contribution in [0.3, 0.4) is 0 Å². The molecular formula is C68H74N8O8S2. The zero-order valence-electron chi connectivity index (χ0n) is 50.3. The Morgan fingerprint density at radius 1 is 0.814 bits per heavy atom. The molecule has 86 heavy (non-hydrogen) atoms. The first kappa shape index (κ1) is 60.8. The van der Waals surface area contributed by atoms with Gasteiger partial charge >= 0.3 is 5.97 Å². The van der Waals surface area contributed by atoms with E-state index in [2.05, 4.69) is 30.8 Å². The fraction of sp³-hybridized carbons (Fsp3) is 0.353. The number of aromatic nitrogens is 3. The van der Waals surface area contributed by atoms with Crippen LogP contribution < -0.4 is 25.6 Å². The number of esters is 1. The second kappa shape index (κ2) is 25.3. The Bertz CT molecular complexity index is 3790. The van der Waals surface area contributed by atoms with Gasteiger partial charge in [0.2, 0.25) is 17.7 Å². The number of hydrogen-bond acceptors (Lipinski definition) is 14. The lowest BCUT2D eigenvalue weighted by Gasteiger charge is -2.35. The van der Waals surface area contributed by atoms with Crippen LogP contribution in [-0.2, 0) is 38.5 Å². The average molecular weight is 1200 g/mol. The van der Waals surface area contributed by atoms with Gasteiger partial charge in [0.1, 0.15) is 35.0 Å². The van der Waals surface area contributed by atoms with E-state index in [0.29, 0.717) is 59.5 Å². The Kier molecular flexibility index (Phi) is 17.9. The van der Waals surface area contributed by atoms with Gasteiger partial charge in [0.15, 0.2) is 10.8 Å². The van der Waals surface area contributed by atoms with Crippen LogP contribution in [0.5, 0.6) is 11.5 Å². The molecule has 2 aliphatic heterocycles. The summed E-state index contributed by atoms with van der Waals surface area (Å²) in [4.78, 5) is 88.7. The lowest BCUT2D eigenvalue weighted by atomic mass is 9.85. The van der Waals surface area contributed by atoms with Gasteiger partial charge in [-0.2, -0.15) is 0 Å². The summed E-state index contributed by atoms with van der Waals surface area (Å²) in [6, 6.07) is 36.5. The molecule has 4 amide bonds. The molecule has 1 fully saturated rings. The number of β-amino-alcohol motifs (C(OH)–C–C–N with tert-alkyl or cyclic N) is 1. The van der Waals surface area contributed by atoms with Crippen molar-refractivity contribution in [3.63, 3.8) is 0 Å². The molecular weight excluding hydrogens is 1120 g/mol. The molecule has 1 saturated heterocycles. The highest BCUT2D eigenvalue weighted by atomic mass is 32.1. The molecule has 0 saturated carbocycles. The van der Waals surface area contributed by atoms with Gasteiger partial charge in [-0.25, -0.2) is 19.7 Å². The number of likely N-dealkylation sites (tertiary alicyclic amines) is 1. The van der Waals surface area contributed by atoms with E-state index in [1.165, 1.54) is 16.2 Å². The number of benzene rings is 5.